The van der Waals surface area contributed by atoms with Gasteiger partial charge < -0.3 is 9.64 Å². The monoisotopic (exact) mass is 361 g/mol. The van der Waals surface area contributed by atoms with E-state index in [9.17, 15) is 4.79 Å². The molecular formula is C22H23N3O2. The Bertz CT molecular complexity index is 940. The summed E-state index contributed by atoms with van der Waals surface area (Å²) in [5.41, 5.74) is 3.44. The van der Waals surface area contributed by atoms with Crippen LogP contribution in [0.1, 0.15) is 28.8 Å². The third-order valence-electron chi connectivity index (χ3n) is 5.03. The van der Waals surface area contributed by atoms with E-state index in [1.54, 1.807) is 12.4 Å². The molecule has 27 heavy (non-hydrogen) atoms. The molecule has 0 spiro atoms. The Morgan fingerprint density at radius 3 is 2.70 bits per heavy atom. The molecule has 2 heterocycles. The molecule has 1 aliphatic rings. The Morgan fingerprint density at radius 2 is 1.89 bits per heavy atom. The molecule has 3 aromatic rings. The molecule has 1 atom stereocenters. The number of rotatable bonds is 4. The molecule has 1 aromatic heterocycles. The van der Waals surface area contributed by atoms with Crippen LogP contribution in [0.2, 0.25) is 0 Å². The maximum absolute atomic E-state index is 12.9. The summed E-state index contributed by atoms with van der Waals surface area (Å²) < 4.78 is 5.94. The van der Waals surface area contributed by atoms with Gasteiger partial charge in [0.1, 0.15) is 5.75 Å². The lowest BCUT2D eigenvalue weighted by atomic mass is 9.98. The van der Waals surface area contributed by atoms with Crippen molar-refractivity contribution >= 4 is 16.9 Å². The number of piperidine rings is 1. The predicted molar refractivity (Wildman–Crippen MR) is 105 cm³/mol. The number of aromatic nitrogens is 2. The van der Waals surface area contributed by atoms with Crippen molar-refractivity contribution in [3.63, 3.8) is 0 Å². The number of benzene rings is 2. The Kier molecular flexibility index (Phi) is 5.01. The highest BCUT2D eigenvalue weighted by Gasteiger charge is 2.25. The molecule has 2 aromatic carbocycles. The third kappa shape index (κ3) is 4.08. The van der Waals surface area contributed by atoms with Gasteiger partial charge in [0.15, 0.2) is 0 Å². The van der Waals surface area contributed by atoms with E-state index in [1.807, 2.05) is 35.2 Å². The number of fused-ring (bicyclic) bond motifs is 1. The number of carbonyl (C=O) groups excluding carboxylic acids is 1. The molecule has 0 N–H and O–H groups in total. The van der Waals surface area contributed by atoms with Gasteiger partial charge in [-0.3, -0.25) is 14.8 Å². The van der Waals surface area contributed by atoms with Crippen molar-refractivity contribution in [1.29, 1.82) is 0 Å². The largest absolute Gasteiger partial charge is 0.493 e. The number of carbonyl (C=O) groups is 1. The minimum Gasteiger partial charge on any atom is -0.493 e. The average Bonchev–Trinajstić information content (AvgIpc) is 2.72. The molecule has 5 nitrogen and oxygen atoms in total. The zero-order valence-electron chi connectivity index (χ0n) is 15.5. The number of aryl methyl sites for hydroxylation is 1. The second-order valence-corrected chi connectivity index (χ2v) is 7.14. The van der Waals surface area contributed by atoms with Crippen LogP contribution in [0.5, 0.6) is 5.75 Å². The summed E-state index contributed by atoms with van der Waals surface area (Å²) in [5.74, 6) is 1.30. The smallest absolute Gasteiger partial charge is 0.253 e. The van der Waals surface area contributed by atoms with Crippen molar-refractivity contribution in [2.45, 2.75) is 19.8 Å². The van der Waals surface area contributed by atoms with Crippen LogP contribution in [-0.4, -0.2) is 40.5 Å². The van der Waals surface area contributed by atoms with Crippen LogP contribution in [0, 0.1) is 12.8 Å². The van der Waals surface area contributed by atoms with Crippen molar-refractivity contribution < 1.29 is 9.53 Å². The topological polar surface area (TPSA) is 55.3 Å². The van der Waals surface area contributed by atoms with E-state index >= 15 is 0 Å². The van der Waals surface area contributed by atoms with Gasteiger partial charge in [-0.25, -0.2) is 0 Å². The van der Waals surface area contributed by atoms with Crippen LogP contribution in [0.4, 0.5) is 0 Å². The molecule has 1 aliphatic heterocycles. The van der Waals surface area contributed by atoms with Gasteiger partial charge >= 0.3 is 0 Å². The lowest BCUT2D eigenvalue weighted by Crippen LogP contribution is -2.41. The summed E-state index contributed by atoms with van der Waals surface area (Å²) in [5, 5.41) is 0. The van der Waals surface area contributed by atoms with Gasteiger partial charge in [-0.05, 0) is 50.1 Å². The van der Waals surface area contributed by atoms with Gasteiger partial charge in [0.2, 0.25) is 0 Å². The minimum absolute atomic E-state index is 0.0580. The summed E-state index contributed by atoms with van der Waals surface area (Å²) in [6, 6.07) is 13.6. The zero-order chi connectivity index (χ0) is 18.6. The van der Waals surface area contributed by atoms with E-state index in [4.69, 9.17) is 4.74 Å². The Labute approximate surface area is 159 Å². The van der Waals surface area contributed by atoms with E-state index in [-0.39, 0.29) is 5.91 Å². The summed E-state index contributed by atoms with van der Waals surface area (Å²) in [6.07, 6.45) is 5.39. The summed E-state index contributed by atoms with van der Waals surface area (Å²) in [7, 11) is 0. The molecule has 0 radical (unpaired) electrons. The second kappa shape index (κ2) is 7.74. The first-order valence-corrected chi connectivity index (χ1v) is 9.38. The van der Waals surface area contributed by atoms with Crippen LogP contribution in [0.3, 0.4) is 0 Å². The first-order valence-electron chi connectivity index (χ1n) is 9.38. The Hall–Kier alpha value is -2.95. The number of hydrogen-bond acceptors (Lipinski definition) is 4. The Balaban J connectivity index is 1.40. The van der Waals surface area contributed by atoms with Crippen molar-refractivity contribution in [2.75, 3.05) is 19.7 Å². The van der Waals surface area contributed by atoms with Crippen molar-refractivity contribution in [3.05, 3.63) is 66.0 Å². The quantitative estimate of drug-likeness (QED) is 0.708. The third-order valence-corrected chi connectivity index (χ3v) is 5.03. The van der Waals surface area contributed by atoms with Gasteiger partial charge in [-0.15, -0.1) is 0 Å². The highest BCUT2D eigenvalue weighted by Crippen LogP contribution is 2.21. The van der Waals surface area contributed by atoms with Crippen LogP contribution < -0.4 is 4.74 Å². The fourth-order valence-corrected chi connectivity index (χ4v) is 3.51. The maximum atomic E-state index is 12.9. The standard InChI is InChI=1S/C22H23N3O2/c1-16-4-7-19(8-5-16)27-15-17-3-2-12-25(14-17)22(26)18-6-9-20-21(13-18)24-11-10-23-20/h4-11,13,17H,2-3,12,14-15H2,1H3/t17-/m0/s1. The summed E-state index contributed by atoms with van der Waals surface area (Å²) in [6.45, 7) is 4.21. The number of hydrogen-bond donors (Lipinski definition) is 0. The number of nitrogens with zero attached hydrogens (tertiary/aromatic N) is 3. The molecule has 4 rings (SSSR count). The first kappa shape index (κ1) is 17.5. The van der Waals surface area contributed by atoms with Gasteiger partial charge in [0.25, 0.3) is 5.91 Å². The second-order valence-electron chi connectivity index (χ2n) is 7.14. The number of likely N-dealkylation sites (tertiary alicyclic amines) is 1. The lowest BCUT2D eigenvalue weighted by Gasteiger charge is -2.32. The van der Waals surface area contributed by atoms with Gasteiger partial charge in [0, 0.05) is 37.0 Å². The van der Waals surface area contributed by atoms with E-state index in [2.05, 4.69) is 29.0 Å². The molecule has 1 saturated heterocycles. The Morgan fingerprint density at radius 1 is 1.11 bits per heavy atom. The van der Waals surface area contributed by atoms with Crippen molar-refractivity contribution in [2.24, 2.45) is 5.92 Å². The molecule has 0 saturated carbocycles. The molecule has 1 fully saturated rings. The molecule has 0 bridgehead atoms. The molecule has 5 heteroatoms. The fourth-order valence-electron chi connectivity index (χ4n) is 3.51. The average molecular weight is 361 g/mol. The van der Waals surface area contributed by atoms with E-state index in [1.165, 1.54) is 5.56 Å². The molecule has 138 valence electrons. The normalized spacial score (nSPS) is 17.1. The van der Waals surface area contributed by atoms with E-state index in [0.717, 1.165) is 42.7 Å². The van der Waals surface area contributed by atoms with Crippen LogP contribution in [-0.2, 0) is 0 Å². The highest BCUT2D eigenvalue weighted by atomic mass is 16.5. The number of amides is 1. The van der Waals surface area contributed by atoms with Crippen LogP contribution >= 0.6 is 0 Å². The van der Waals surface area contributed by atoms with Crippen molar-refractivity contribution in [3.8, 4) is 5.75 Å². The zero-order valence-corrected chi connectivity index (χ0v) is 15.5. The van der Waals surface area contributed by atoms with Gasteiger partial charge in [-0.1, -0.05) is 17.7 Å². The number of ether oxygens (including phenoxy) is 1. The minimum atomic E-state index is 0.0580. The van der Waals surface area contributed by atoms with Crippen LogP contribution in [0.15, 0.2) is 54.9 Å². The molecule has 0 aliphatic carbocycles. The van der Waals surface area contributed by atoms with Gasteiger partial charge in [-0.2, -0.15) is 0 Å². The maximum Gasteiger partial charge on any atom is 0.253 e. The molecule has 1 amide bonds. The van der Waals surface area contributed by atoms with E-state index in [0.29, 0.717) is 18.1 Å². The highest BCUT2D eigenvalue weighted by molar-refractivity contribution is 5.97. The molecule has 0 unspecified atom stereocenters. The first-order chi connectivity index (χ1) is 13.2. The molecular weight excluding hydrogens is 338 g/mol. The lowest BCUT2D eigenvalue weighted by molar-refractivity contribution is 0.0633. The summed E-state index contributed by atoms with van der Waals surface area (Å²) in [4.78, 5) is 23.4. The summed E-state index contributed by atoms with van der Waals surface area (Å²) >= 11 is 0. The SMILES string of the molecule is Cc1ccc(OC[C@H]2CCCN(C(=O)c3ccc4nccnc4c3)C2)cc1. The fraction of sp³-hybridized carbons (Fsp3) is 0.318. The van der Waals surface area contributed by atoms with Crippen molar-refractivity contribution in [1.82, 2.24) is 14.9 Å². The predicted octanol–water partition coefficient (Wildman–Crippen LogP) is 3.87. The van der Waals surface area contributed by atoms with Crippen LogP contribution in [0.25, 0.3) is 11.0 Å². The van der Waals surface area contributed by atoms with Gasteiger partial charge in [0.05, 0.1) is 17.6 Å². The van der Waals surface area contributed by atoms with E-state index < -0.39 is 0 Å².